The van der Waals surface area contributed by atoms with Crippen LogP contribution in [-0.4, -0.2) is 41.4 Å². The molecule has 3 heterocycles. The Kier molecular flexibility index (Phi) is 5.03. The number of nitrogens with zero attached hydrogens (tertiary/aromatic N) is 1. The molecule has 28 heavy (non-hydrogen) atoms. The number of hydrogen-bond acceptors (Lipinski definition) is 4. The summed E-state index contributed by atoms with van der Waals surface area (Å²) in [4.78, 5) is 14.3. The number of hydrogen-bond donors (Lipinski definition) is 0. The van der Waals surface area contributed by atoms with Crippen LogP contribution in [0.1, 0.15) is 65.0 Å². The van der Waals surface area contributed by atoms with Gasteiger partial charge in [-0.25, -0.2) is 4.79 Å². The normalized spacial score (nSPS) is 28.9. The highest BCUT2D eigenvalue weighted by molar-refractivity contribution is 6.30. The fourth-order valence-corrected chi connectivity index (χ4v) is 4.98. The van der Waals surface area contributed by atoms with Crippen LogP contribution in [0.5, 0.6) is 5.75 Å². The van der Waals surface area contributed by atoms with Gasteiger partial charge in [0.25, 0.3) is 0 Å². The topological polar surface area (TPSA) is 48.0 Å². The molecular formula is C22H30ClNO4. The Morgan fingerprint density at radius 2 is 1.96 bits per heavy atom. The molecule has 1 amide bonds. The highest BCUT2D eigenvalue weighted by atomic mass is 35.5. The van der Waals surface area contributed by atoms with Crippen molar-refractivity contribution < 1.29 is 19.0 Å². The molecule has 4 rings (SSSR count). The van der Waals surface area contributed by atoms with E-state index in [4.69, 9.17) is 25.8 Å². The first-order valence-corrected chi connectivity index (χ1v) is 10.7. The molecule has 0 saturated carbocycles. The minimum Gasteiger partial charge on any atom is -0.486 e. The third-order valence-electron chi connectivity index (χ3n) is 6.16. The molecule has 1 aromatic rings. The lowest BCUT2D eigenvalue weighted by molar-refractivity contribution is -0.169. The SMILES string of the molecule is C[C@@H]1CC[C@@H]2[C@@H](O1)c1cc(Cl)ccc1OC21CCN(C(=O)OC(C)(C)C)CC1. The van der Waals surface area contributed by atoms with E-state index in [1.165, 1.54) is 0 Å². The average Bonchev–Trinajstić information content (AvgIpc) is 2.61. The van der Waals surface area contributed by atoms with Crippen molar-refractivity contribution in [3.8, 4) is 5.75 Å². The molecule has 154 valence electrons. The summed E-state index contributed by atoms with van der Waals surface area (Å²) >= 11 is 6.26. The summed E-state index contributed by atoms with van der Waals surface area (Å²) in [5.41, 5.74) is 0.276. The molecule has 6 heteroatoms. The van der Waals surface area contributed by atoms with E-state index in [2.05, 4.69) is 6.92 Å². The summed E-state index contributed by atoms with van der Waals surface area (Å²) < 4.78 is 18.6. The van der Waals surface area contributed by atoms with E-state index < -0.39 is 5.60 Å². The molecule has 5 nitrogen and oxygen atoms in total. The fraction of sp³-hybridized carbons (Fsp3) is 0.682. The summed E-state index contributed by atoms with van der Waals surface area (Å²) in [5.74, 6) is 1.14. The molecule has 0 aromatic heterocycles. The van der Waals surface area contributed by atoms with Crippen LogP contribution >= 0.6 is 11.6 Å². The van der Waals surface area contributed by atoms with Crippen molar-refractivity contribution in [3.05, 3.63) is 28.8 Å². The first-order chi connectivity index (χ1) is 13.2. The highest BCUT2D eigenvalue weighted by Gasteiger charge is 2.53. The largest absolute Gasteiger partial charge is 0.486 e. The Bertz CT molecular complexity index is 751. The van der Waals surface area contributed by atoms with E-state index in [0.717, 1.165) is 37.0 Å². The molecule has 3 aliphatic heterocycles. The molecule has 1 spiro atoms. The van der Waals surface area contributed by atoms with Crippen LogP contribution in [0.3, 0.4) is 0 Å². The van der Waals surface area contributed by atoms with Crippen molar-refractivity contribution in [3.63, 3.8) is 0 Å². The Morgan fingerprint density at radius 1 is 1.25 bits per heavy atom. The molecule has 2 saturated heterocycles. The number of halogens is 1. The van der Waals surface area contributed by atoms with Gasteiger partial charge in [-0.3, -0.25) is 0 Å². The molecule has 0 radical (unpaired) electrons. The maximum absolute atomic E-state index is 12.5. The number of carbonyl (C=O) groups excluding carboxylic acids is 1. The molecule has 0 N–H and O–H groups in total. The van der Waals surface area contributed by atoms with Crippen molar-refractivity contribution >= 4 is 17.7 Å². The van der Waals surface area contributed by atoms with Gasteiger partial charge < -0.3 is 19.1 Å². The molecule has 3 aliphatic rings. The van der Waals surface area contributed by atoms with Gasteiger partial charge >= 0.3 is 6.09 Å². The maximum Gasteiger partial charge on any atom is 0.410 e. The molecule has 3 atom stereocenters. The van der Waals surface area contributed by atoms with E-state index in [0.29, 0.717) is 18.1 Å². The van der Waals surface area contributed by atoms with Gasteiger partial charge in [0.15, 0.2) is 0 Å². The van der Waals surface area contributed by atoms with Gasteiger partial charge in [0.1, 0.15) is 17.0 Å². The second-order valence-electron chi connectivity index (χ2n) is 9.37. The standard InChI is InChI=1S/C22H30ClNO4/c1-14-5-7-17-19(26-14)16-13-15(23)6-8-18(16)27-22(17)9-11-24(12-10-22)20(25)28-21(2,3)4/h6,8,13-14,17,19H,5,7,9-12H2,1-4H3/t14-,17-,19+/m1/s1. The smallest absolute Gasteiger partial charge is 0.410 e. The zero-order chi connectivity index (χ0) is 20.1. The molecule has 1 aromatic carbocycles. The summed E-state index contributed by atoms with van der Waals surface area (Å²) in [5, 5.41) is 0.707. The van der Waals surface area contributed by atoms with Gasteiger partial charge in [0.2, 0.25) is 0 Å². The fourth-order valence-electron chi connectivity index (χ4n) is 4.80. The van der Waals surface area contributed by atoms with E-state index in [1.54, 1.807) is 4.90 Å². The van der Waals surface area contributed by atoms with Crippen molar-refractivity contribution in [2.24, 2.45) is 5.92 Å². The zero-order valence-electron chi connectivity index (χ0n) is 17.2. The lowest BCUT2D eigenvalue weighted by atomic mass is 9.69. The minimum absolute atomic E-state index is 0.000670. The van der Waals surface area contributed by atoms with E-state index in [-0.39, 0.29) is 29.8 Å². The summed E-state index contributed by atoms with van der Waals surface area (Å²) in [6.45, 7) is 9.09. The van der Waals surface area contributed by atoms with Crippen LogP contribution in [-0.2, 0) is 9.47 Å². The van der Waals surface area contributed by atoms with Crippen molar-refractivity contribution in [1.29, 1.82) is 0 Å². The molecular weight excluding hydrogens is 378 g/mol. The lowest BCUT2D eigenvalue weighted by Crippen LogP contribution is -2.58. The van der Waals surface area contributed by atoms with Crippen LogP contribution in [0, 0.1) is 5.92 Å². The quantitative estimate of drug-likeness (QED) is 0.581. The maximum atomic E-state index is 12.5. The number of fused-ring (bicyclic) bond motifs is 4. The Hall–Kier alpha value is -1.46. The van der Waals surface area contributed by atoms with Gasteiger partial charge in [-0.05, 0) is 58.7 Å². The Labute approximate surface area is 172 Å². The van der Waals surface area contributed by atoms with Crippen LogP contribution in [0.2, 0.25) is 5.02 Å². The predicted octanol–water partition coefficient (Wildman–Crippen LogP) is 5.36. The third-order valence-corrected chi connectivity index (χ3v) is 6.39. The second-order valence-corrected chi connectivity index (χ2v) is 9.80. The van der Waals surface area contributed by atoms with Gasteiger partial charge in [0.05, 0.1) is 12.2 Å². The summed E-state index contributed by atoms with van der Waals surface area (Å²) in [6.07, 6.45) is 3.64. The van der Waals surface area contributed by atoms with E-state index in [1.807, 2.05) is 39.0 Å². The number of likely N-dealkylation sites (tertiary alicyclic amines) is 1. The minimum atomic E-state index is -0.482. The van der Waals surface area contributed by atoms with Crippen LogP contribution in [0.15, 0.2) is 18.2 Å². The van der Waals surface area contributed by atoms with Crippen LogP contribution in [0.4, 0.5) is 4.79 Å². The summed E-state index contributed by atoms with van der Waals surface area (Å²) in [6, 6.07) is 5.81. The number of amides is 1. The molecule has 0 unspecified atom stereocenters. The van der Waals surface area contributed by atoms with Gasteiger partial charge in [-0.15, -0.1) is 0 Å². The zero-order valence-corrected chi connectivity index (χ0v) is 17.9. The predicted molar refractivity (Wildman–Crippen MR) is 108 cm³/mol. The van der Waals surface area contributed by atoms with E-state index >= 15 is 0 Å². The molecule has 0 aliphatic carbocycles. The molecule has 0 bridgehead atoms. The van der Waals surface area contributed by atoms with Crippen LogP contribution < -0.4 is 4.74 Å². The number of carbonyl (C=O) groups is 1. The number of piperidine rings is 1. The number of rotatable bonds is 0. The average molecular weight is 408 g/mol. The van der Waals surface area contributed by atoms with Gasteiger partial charge in [-0.1, -0.05) is 11.6 Å². The van der Waals surface area contributed by atoms with E-state index in [9.17, 15) is 4.79 Å². The summed E-state index contributed by atoms with van der Waals surface area (Å²) in [7, 11) is 0. The van der Waals surface area contributed by atoms with Crippen molar-refractivity contribution in [1.82, 2.24) is 4.90 Å². The molecule has 2 fully saturated rings. The lowest BCUT2D eigenvalue weighted by Gasteiger charge is -2.54. The van der Waals surface area contributed by atoms with Crippen molar-refractivity contribution in [2.75, 3.05) is 13.1 Å². The number of benzene rings is 1. The van der Waals surface area contributed by atoms with Gasteiger partial charge in [-0.2, -0.15) is 0 Å². The first kappa shape index (κ1) is 19.8. The Morgan fingerprint density at radius 3 is 2.64 bits per heavy atom. The van der Waals surface area contributed by atoms with Gasteiger partial charge in [0, 0.05) is 42.4 Å². The number of ether oxygens (including phenoxy) is 3. The highest BCUT2D eigenvalue weighted by Crippen LogP contribution is 2.54. The Balaban J connectivity index is 1.57. The second kappa shape index (κ2) is 7.10. The van der Waals surface area contributed by atoms with Crippen molar-refractivity contribution in [2.45, 2.75) is 76.8 Å². The van der Waals surface area contributed by atoms with Crippen LogP contribution in [0.25, 0.3) is 0 Å². The monoisotopic (exact) mass is 407 g/mol. The first-order valence-electron chi connectivity index (χ1n) is 10.3. The third kappa shape index (κ3) is 3.71.